The lowest BCUT2D eigenvalue weighted by atomic mass is 10.1. The number of aryl methyl sites for hydroxylation is 2. The van der Waals surface area contributed by atoms with Gasteiger partial charge in [0.25, 0.3) is 0 Å². The predicted octanol–water partition coefficient (Wildman–Crippen LogP) is 2.83. The summed E-state index contributed by atoms with van der Waals surface area (Å²) >= 11 is 0. The number of rotatable bonds is 11. The Kier molecular flexibility index (Phi) is 9.02. The highest BCUT2D eigenvalue weighted by molar-refractivity contribution is 7.92. The molecule has 1 N–H and O–H groups in total. The van der Waals surface area contributed by atoms with Crippen LogP contribution in [0.15, 0.2) is 47.4 Å². The van der Waals surface area contributed by atoms with E-state index in [1.807, 2.05) is 19.9 Å². The number of anilines is 1. The van der Waals surface area contributed by atoms with Crippen molar-refractivity contribution in [2.24, 2.45) is 0 Å². The molecule has 0 bridgehead atoms. The summed E-state index contributed by atoms with van der Waals surface area (Å²) in [6.45, 7) is 6.90. The highest BCUT2D eigenvalue weighted by Crippen LogP contribution is 2.25. The topological polar surface area (TPSA) is 113 Å². The van der Waals surface area contributed by atoms with Gasteiger partial charge in [0.05, 0.1) is 23.4 Å². The van der Waals surface area contributed by atoms with Crippen LogP contribution in [0, 0.1) is 13.8 Å². The van der Waals surface area contributed by atoms with Crippen molar-refractivity contribution in [3.63, 3.8) is 0 Å². The zero-order chi connectivity index (χ0) is 26.5. The van der Waals surface area contributed by atoms with Crippen LogP contribution >= 0.6 is 0 Å². The molecule has 1 amide bonds. The van der Waals surface area contributed by atoms with Gasteiger partial charge < -0.3 is 10.1 Å². The van der Waals surface area contributed by atoms with Gasteiger partial charge in [-0.3, -0.25) is 9.10 Å². The lowest BCUT2D eigenvalue weighted by Gasteiger charge is -2.30. The first-order chi connectivity index (χ1) is 16.9. The number of benzene rings is 2. The third-order valence-electron chi connectivity index (χ3n) is 5.99. The van der Waals surface area contributed by atoms with Crippen molar-refractivity contribution in [1.82, 2.24) is 9.62 Å². The number of carbonyl (C=O) groups excluding carboxylic acids is 1. The van der Waals surface area contributed by atoms with Gasteiger partial charge in [-0.15, -0.1) is 0 Å². The molecule has 2 aromatic carbocycles. The first-order valence-electron chi connectivity index (χ1n) is 12.0. The van der Waals surface area contributed by atoms with Crippen LogP contribution < -0.4 is 14.4 Å². The Morgan fingerprint density at radius 2 is 1.61 bits per heavy atom. The molecule has 9 nitrogen and oxygen atoms in total. The van der Waals surface area contributed by atoms with Crippen molar-refractivity contribution in [2.45, 2.75) is 51.0 Å². The van der Waals surface area contributed by atoms with E-state index in [4.69, 9.17) is 4.74 Å². The third kappa shape index (κ3) is 6.77. The number of nitrogens with zero attached hydrogens (tertiary/aromatic N) is 2. The molecule has 36 heavy (non-hydrogen) atoms. The molecule has 11 heteroatoms. The van der Waals surface area contributed by atoms with Gasteiger partial charge in [-0.05, 0) is 80.6 Å². The van der Waals surface area contributed by atoms with E-state index in [9.17, 15) is 21.6 Å². The maximum atomic E-state index is 13.0. The lowest BCUT2D eigenvalue weighted by molar-refractivity contribution is -0.122. The molecule has 198 valence electrons. The van der Waals surface area contributed by atoms with Crippen LogP contribution in [0.5, 0.6) is 5.75 Å². The lowest BCUT2D eigenvalue weighted by Crippen LogP contribution is -2.50. The van der Waals surface area contributed by atoms with Gasteiger partial charge >= 0.3 is 0 Å². The Bertz CT molecular complexity index is 1250. The van der Waals surface area contributed by atoms with E-state index in [1.165, 1.54) is 20.7 Å². The summed E-state index contributed by atoms with van der Waals surface area (Å²) in [6, 6.07) is 10.7. The van der Waals surface area contributed by atoms with Gasteiger partial charge in [-0.2, -0.15) is 4.31 Å². The first kappa shape index (κ1) is 27.9. The van der Waals surface area contributed by atoms with Gasteiger partial charge in [0.15, 0.2) is 0 Å². The van der Waals surface area contributed by atoms with Gasteiger partial charge in [-0.1, -0.05) is 13.0 Å². The van der Waals surface area contributed by atoms with Crippen molar-refractivity contribution >= 4 is 31.6 Å². The van der Waals surface area contributed by atoms with Crippen LogP contribution in [0.3, 0.4) is 0 Å². The second-order valence-electron chi connectivity index (χ2n) is 9.05. The van der Waals surface area contributed by atoms with E-state index in [2.05, 4.69) is 5.32 Å². The van der Waals surface area contributed by atoms with Gasteiger partial charge in [0.2, 0.25) is 26.0 Å². The van der Waals surface area contributed by atoms with Crippen LogP contribution in [-0.2, 0) is 24.8 Å². The average molecular weight is 538 g/mol. The molecule has 1 fully saturated rings. The molecule has 1 aliphatic rings. The fraction of sp³-hybridized carbons (Fsp3) is 0.480. The van der Waals surface area contributed by atoms with Crippen LogP contribution in [0.2, 0.25) is 0 Å². The minimum atomic E-state index is -3.72. The van der Waals surface area contributed by atoms with E-state index in [0.717, 1.165) is 30.2 Å². The van der Waals surface area contributed by atoms with Crippen LogP contribution in [0.25, 0.3) is 0 Å². The quantitative estimate of drug-likeness (QED) is 0.441. The molecular weight excluding hydrogens is 502 g/mol. The monoisotopic (exact) mass is 537 g/mol. The standard InChI is InChI=1S/C25H35N3O6S2/c1-5-24(28(35(4,30)31)21-17-19(2)16-20(3)18-21)25(29)26-12-15-34-22-8-10-23(11-9-22)36(32,33)27-13-6-7-14-27/h8-11,16-18,24H,5-7,12-15H2,1-4H3,(H,26,29)/t24-/m0/s1. The minimum absolute atomic E-state index is 0.142. The fourth-order valence-corrected chi connectivity index (χ4v) is 7.10. The molecule has 0 radical (unpaired) electrons. The number of hydrogen-bond donors (Lipinski definition) is 1. The second-order valence-corrected chi connectivity index (χ2v) is 12.8. The van der Waals surface area contributed by atoms with Gasteiger partial charge in [-0.25, -0.2) is 16.8 Å². The molecule has 1 aliphatic heterocycles. The van der Waals surface area contributed by atoms with E-state index >= 15 is 0 Å². The SMILES string of the molecule is CC[C@@H](C(=O)NCCOc1ccc(S(=O)(=O)N2CCCC2)cc1)N(c1cc(C)cc(C)c1)S(C)(=O)=O. The van der Waals surface area contributed by atoms with Crippen LogP contribution in [-0.4, -0.2) is 65.6 Å². The number of carbonyl (C=O) groups is 1. The summed E-state index contributed by atoms with van der Waals surface area (Å²) in [6.07, 6.45) is 3.13. The highest BCUT2D eigenvalue weighted by Gasteiger charge is 2.31. The van der Waals surface area contributed by atoms with E-state index < -0.39 is 32.0 Å². The number of amides is 1. The number of ether oxygens (including phenoxy) is 1. The summed E-state index contributed by atoms with van der Waals surface area (Å²) in [5, 5.41) is 2.76. The third-order valence-corrected chi connectivity index (χ3v) is 9.08. The van der Waals surface area contributed by atoms with Gasteiger partial charge in [0, 0.05) is 13.1 Å². The van der Waals surface area contributed by atoms with Crippen molar-refractivity contribution < 1.29 is 26.4 Å². The zero-order valence-corrected chi connectivity index (χ0v) is 22.9. The molecule has 0 aliphatic carbocycles. The number of sulfonamides is 2. The summed E-state index contributed by atoms with van der Waals surface area (Å²) in [4.78, 5) is 13.2. The summed E-state index contributed by atoms with van der Waals surface area (Å²) in [5.74, 6) is 0.0578. The Morgan fingerprint density at radius 1 is 1.03 bits per heavy atom. The Morgan fingerprint density at radius 3 is 2.14 bits per heavy atom. The summed E-state index contributed by atoms with van der Waals surface area (Å²) < 4.78 is 58.8. The molecule has 3 rings (SSSR count). The number of hydrogen-bond acceptors (Lipinski definition) is 6. The number of nitrogens with one attached hydrogen (secondary N) is 1. The Hall–Kier alpha value is -2.63. The summed E-state index contributed by atoms with van der Waals surface area (Å²) in [7, 11) is -7.20. The summed E-state index contributed by atoms with van der Waals surface area (Å²) in [5.41, 5.74) is 2.26. The highest BCUT2D eigenvalue weighted by atomic mass is 32.2. The van der Waals surface area contributed by atoms with Crippen LogP contribution in [0.1, 0.15) is 37.3 Å². The van der Waals surface area contributed by atoms with Gasteiger partial charge in [0.1, 0.15) is 18.4 Å². The maximum Gasteiger partial charge on any atom is 0.244 e. The molecule has 1 saturated heterocycles. The largest absolute Gasteiger partial charge is 0.492 e. The Balaban J connectivity index is 1.60. The van der Waals surface area contributed by atoms with E-state index in [1.54, 1.807) is 31.2 Å². The molecule has 2 aromatic rings. The minimum Gasteiger partial charge on any atom is -0.492 e. The molecule has 0 unspecified atom stereocenters. The molecule has 0 spiro atoms. The molecule has 0 aromatic heterocycles. The van der Waals surface area contributed by atoms with E-state index in [-0.39, 0.29) is 18.0 Å². The molecule has 1 heterocycles. The Labute approximate surface area is 214 Å². The van der Waals surface area contributed by atoms with E-state index in [0.29, 0.717) is 30.9 Å². The predicted molar refractivity (Wildman–Crippen MR) is 140 cm³/mol. The first-order valence-corrected chi connectivity index (χ1v) is 15.3. The second kappa shape index (κ2) is 11.6. The molecule has 1 atom stereocenters. The van der Waals surface area contributed by atoms with Crippen molar-refractivity contribution in [1.29, 1.82) is 0 Å². The molecule has 0 saturated carbocycles. The van der Waals surface area contributed by atoms with Crippen molar-refractivity contribution in [3.8, 4) is 5.75 Å². The fourth-order valence-electron chi connectivity index (χ4n) is 4.38. The average Bonchev–Trinajstić information content (AvgIpc) is 3.35. The maximum absolute atomic E-state index is 13.0. The zero-order valence-electron chi connectivity index (χ0n) is 21.2. The normalized spacial score (nSPS) is 15.4. The van der Waals surface area contributed by atoms with Crippen LogP contribution in [0.4, 0.5) is 5.69 Å². The van der Waals surface area contributed by atoms with Crippen molar-refractivity contribution in [2.75, 3.05) is 36.8 Å². The van der Waals surface area contributed by atoms with Crippen molar-refractivity contribution in [3.05, 3.63) is 53.6 Å². The molecular formula is C25H35N3O6S2. The smallest absolute Gasteiger partial charge is 0.244 e.